The van der Waals surface area contributed by atoms with Gasteiger partial charge in [0.1, 0.15) is 0 Å². The second kappa shape index (κ2) is 4.35. The number of carboxylic acids is 1. The van der Waals surface area contributed by atoms with Crippen LogP contribution in [0.2, 0.25) is 0 Å². The number of hydrogen-bond acceptors (Lipinski definition) is 1. The van der Waals surface area contributed by atoms with Crippen molar-refractivity contribution in [3.8, 4) is 0 Å². The molecule has 3 heteroatoms. The minimum atomic E-state index is -1.08. The van der Waals surface area contributed by atoms with Crippen molar-refractivity contribution < 1.29 is 36.1 Å². The molecule has 1 N–H and O–H groups in total. The van der Waals surface area contributed by atoms with Gasteiger partial charge in [0.25, 0.3) is 0 Å². The summed E-state index contributed by atoms with van der Waals surface area (Å²) in [6.45, 7) is 2.56. The summed E-state index contributed by atoms with van der Waals surface area (Å²) in [7, 11) is 0. The summed E-state index contributed by atoms with van der Waals surface area (Å²) in [6.07, 6.45) is 0. The number of aliphatic carboxylic acids is 1. The first-order valence-electron chi connectivity index (χ1n) is 0.781. The van der Waals surface area contributed by atoms with Gasteiger partial charge < -0.3 is 5.11 Å². The smallest absolute Gasteiger partial charge is 0.303 e. The number of carbonyl (C=O) groups is 1. The van der Waals surface area contributed by atoms with E-state index in [0.29, 0.717) is 0 Å². The summed E-state index contributed by atoms with van der Waals surface area (Å²) in [5.41, 5.74) is 0. The molecule has 0 aromatic rings. The van der Waals surface area contributed by atoms with Gasteiger partial charge in [0, 0.05) is 26.2 Å². The summed E-state index contributed by atoms with van der Waals surface area (Å²) in [5, 5.41) is 7.31. The molecule has 5 heavy (non-hydrogen) atoms. The van der Waals surface area contributed by atoms with Crippen LogP contribution in [0.5, 0.6) is 0 Å². The molecular weight excluding hydrogens is 147 g/mol. The number of hydrogen-bond donors (Lipinski definition) is 1. The molecule has 2 nitrogen and oxygen atoms in total. The Morgan fingerprint density at radius 1 is 1.80 bits per heavy atom. The predicted octanol–water partition coefficient (Wildman–Crippen LogP) is -0.0974. The molecule has 0 heterocycles. The molecule has 0 spiro atoms. The number of carboxylic acid groups (broad SMARTS) is 1. The summed E-state index contributed by atoms with van der Waals surface area (Å²) >= 11 is 0. The van der Waals surface area contributed by atoms with E-state index in [-0.39, 0.29) is 26.2 Å². The zero-order chi connectivity index (χ0) is 3.58. The van der Waals surface area contributed by atoms with Crippen molar-refractivity contribution in [1.82, 2.24) is 0 Å². The Balaban J connectivity index is 0. The molecule has 0 amide bonds. The average Bonchev–Trinajstić information content (AvgIpc) is 0.811. The van der Waals surface area contributed by atoms with Crippen LogP contribution in [0.25, 0.3) is 0 Å². The normalized spacial score (nSPS) is 5.00. The summed E-state index contributed by atoms with van der Waals surface area (Å²) in [5.74, 6) is -1.08. The summed E-state index contributed by atoms with van der Waals surface area (Å²) in [4.78, 5) is 8.89. The standard InChI is InChI=1S/C2H3O2.Zr/c1-2(3)4;/h1H2,(H,3,4);. The fourth-order valence-electron chi connectivity index (χ4n) is 0. The van der Waals surface area contributed by atoms with E-state index in [1.165, 1.54) is 0 Å². The van der Waals surface area contributed by atoms with Crippen LogP contribution in [-0.2, 0) is 31.0 Å². The fraction of sp³-hybridized carbons (Fsp3) is 0. The van der Waals surface area contributed by atoms with Crippen molar-refractivity contribution in [3.05, 3.63) is 6.92 Å². The summed E-state index contributed by atoms with van der Waals surface area (Å²) < 4.78 is 0. The molecule has 27 valence electrons. The first-order valence-corrected chi connectivity index (χ1v) is 0.781. The molecular formula is C2H3O2Zr. The van der Waals surface area contributed by atoms with Crippen LogP contribution < -0.4 is 0 Å². The van der Waals surface area contributed by atoms with Gasteiger partial charge in [0.2, 0.25) is 0 Å². The van der Waals surface area contributed by atoms with Crippen molar-refractivity contribution in [2.24, 2.45) is 0 Å². The number of rotatable bonds is 0. The van der Waals surface area contributed by atoms with Crippen LogP contribution >= 0.6 is 0 Å². The maximum atomic E-state index is 8.89. The minimum Gasteiger partial charge on any atom is -0.481 e. The van der Waals surface area contributed by atoms with E-state index in [4.69, 9.17) is 9.90 Å². The van der Waals surface area contributed by atoms with Gasteiger partial charge in [-0.05, 0) is 0 Å². The molecule has 0 saturated heterocycles. The molecule has 0 aliphatic heterocycles. The van der Waals surface area contributed by atoms with E-state index in [0.717, 1.165) is 0 Å². The van der Waals surface area contributed by atoms with E-state index in [1.54, 1.807) is 0 Å². The minimum absolute atomic E-state index is 0. The van der Waals surface area contributed by atoms with Crippen LogP contribution in [0, 0.1) is 6.92 Å². The largest absolute Gasteiger partial charge is 0.481 e. The van der Waals surface area contributed by atoms with E-state index >= 15 is 0 Å². The van der Waals surface area contributed by atoms with E-state index in [9.17, 15) is 0 Å². The van der Waals surface area contributed by atoms with Crippen LogP contribution in [0.1, 0.15) is 0 Å². The van der Waals surface area contributed by atoms with Crippen molar-refractivity contribution in [1.29, 1.82) is 0 Å². The Kier molecular flexibility index (Phi) is 7.85. The van der Waals surface area contributed by atoms with Gasteiger partial charge in [-0.3, -0.25) is 4.79 Å². The quantitative estimate of drug-likeness (QED) is 0.524. The van der Waals surface area contributed by atoms with Gasteiger partial charge in [0.05, 0.1) is 6.92 Å². The maximum Gasteiger partial charge on any atom is 0.303 e. The van der Waals surface area contributed by atoms with Crippen LogP contribution in [-0.4, -0.2) is 11.1 Å². The van der Waals surface area contributed by atoms with Crippen molar-refractivity contribution in [2.75, 3.05) is 0 Å². The van der Waals surface area contributed by atoms with Crippen molar-refractivity contribution in [2.45, 2.75) is 0 Å². The van der Waals surface area contributed by atoms with Crippen molar-refractivity contribution in [3.63, 3.8) is 0 Å². The molecule has 0 aromatic heterocycles. The van der Waals surface area contributed by atoms with Crippen LogP contribution in [0.3, 0.4) is 0 Å². The zero-order valence-electron chi connectivity index (χ0n) is 2.56. The average molecular weight is 150 g/mol. The molecule has 1 radical (unpaired) electrons. The molecule has 0 aromatic carbocycles. The van der Waals surface area contributed by atoms with Gasteiger partial charge in [0.15, 0.2) is 0 Å². The van der Waals surface area contributed by atoms with Gasteiger partial charge >= 0.3 is 5.97 Å². The Morgan fingerprint density at radius 2 is 1.80 bits per heavy atom. The Bertz CT molecular complexity index is 30.6. The molecule has 0 aliphatic rings. The molecule has 0 unspecified atom stereocenters. The van der Waals surface area contributed by atoms with E-state index < -0.39 is 5.97 Å². The molecule has 0 rings (SSSR count). The third-order valence-corrected chi connectivity index (χ3v) is 0. The Hall–Kier alpha value is 0.353. The summed E-state index contributed by atoms with van der Waals surface area (Å²) in [6, 6.07) is 0. The second-order valence-corrected chi connectivity index (χ2v) is 0.394. The second-order valence-electron chi connectivity index (χ2n) is 0.394. The Morgan fingerprint density at radius 3 is 1.80 bits per heavy atom. The van der Waals surface area contributed by atoms with Gasteiger partial charge in [-0.1, -0.05) is 0 Å². The third-order valence-electron chi connectivity index (χ3n) is 0. The molecule has 0 bridgehead atoms. The fourth-order valence-corrected chi connectivity index (χ4v) is 0. The van der Waals surface area contributed by atoms with Crippen LogP contribution in [0.4, 0.5) is 0 Å². The van der Waals surface area contributed by atoms with E-state index in [1.807, 2.05) is 0 Å². The first kappa shape index (κ1) is 9.02. The van der Waals surface area contributed by atoms with Crippen LogP contribution in [0.15, 0.2) is 0 Å². The monoisotopic (exact) mass is 149 g/mol. The van der Waals surface area contributed by atoms with Gasteiger partial charge in [-0.2, -0.15) is 0 Å². The van der Waals surface area contributed by atoms with Gasteiger partial charge in [-0.25, -0.2) is 0 Å². The topological polar surface area (TPSA) is 37.3 Å². The van der Waals surface area contributed by atoms with E-state index in [2.05, 4.69) is 6.92 Å². The zero-order valence-corrected chi connectivity index (χ0v) is 5.02. The first-order chi connectivity index (χ1) is 1.73. The molecule has 0 fully saturated rings. The molecule has 0 atom stereocenters. The molecule has 0 saturated carbocycles. The Labute approximate surface area is 49.3 Å². The van der Waals surface area contributed by atoms with Crippen molar-refractivity contribution >= 4 is 5.97 Å². The third kappa shape index (κ3) is 193. The SMILES string of the molecule is [CH2]C(=O)O.[Zr]. The maximum absolute atomic E-state index is 8.89. The predicted molar refractivity (Wildman–Crippen MR) is 13.0 cm³/mol. The molecule has 0 aliphatic carbocycles. The van der Waals surface area contributed by atoms with Gasteiger partial charge in [-0.15, -0.1) is 0 Å².